The van der Waals surface area contributed by atoms with E-state index in [9.17, 15) is 5.11 Å². The molecule has 3 aromatic heterocycles. The van der Waals surface area contributed by atoms with Gasteiger partial charge in [-0.1, -0.05) is 17.7 Å². The second kappa shape index (κ2) is 12.9. The van der Waals surface area contributed by atoms with E-state index < -0.39 is 0 Å². The summed E-state index contributed by atoms with van der Waals surface area (Å²) in [6, 6.07) is 6.38. The Labute approximate surface area is 256 Å². The van der Waals surface area contributed by atoms with E-state index in [1.807, 2.05) is 29.9 Å². The maximum Gasteiger partial charge on any atom is 0.254 e. The van der Waals surface area contributed by atoms with Crippen LogP contribution in [0.4, 0.5) is 11.6 Å². The zero-order valence-corrected chi connectivity index (χ0v) is 25.4. The van der Waals surface area contributed by atoms with Crippen LogP contribution >= 0.6 is 11.6 Å². The summed E-state index contributed by atoms with van der Waals surface area (Å²) in [6.45, 7) is 8.78. The first-order valence-corrected chi connectivity index (χ1v) is 15.2. The molecule has 1 saturated carbocycles. The molecule has 0 radical (unpaired) electrons. The van der Waals surface area contributed by atoms with Crippen LogP contribution in [0.25, 0.3) is 11.1 Å². The average molecular weight is 608 g/mol. The molecule has 2 N–H and O–H groups in total. The zero-order valence-electron chi connectivity index (χ0n) is 24.7. The third-order valence-corrected chi connectivity index (χ3v) is 8.43. The van der Waals surface area contributed by atoms with E-state index in [1.165, 1.54) is 6.33 Å². The summed E-state index contributed by atoms with van der Waals surface area (Å²) in [6.07, 6.45) is 13.1. The summed E-state index contributed by atoms with van der Waals surface area (Å²) in [5.74, 6) is 0.865. The molecule has 0 bridgehead atoms. The van der Waals surface area contributed by atoms with Gasteiger partial charge in [0.25, 0.3) is 5.88 Å². The van der Waals surface area contributed by atoms with Gasteiger partial charge in [-0.2, -0.15) is 5.10 Å². The Morgan fingerprint density at radius 1 is 1.07 bits per heavy atom. The molecule has 0 unspecified atom stereocenters. The molecule has 228 valence electrons. The number of hydrogen-bond donors (Lipinski definition) is 2. The summed E-state index contributed by atoms with van der Waals surface area (Å²) in [7, 11) is 0. The van der Waals surface area contributed by atoms with Crippen molar-refractivity contribution < 1.29 is 14.6 Å². The minimum atomic E-state index is -0.168. The van der Waals surface area contributed by atoms with Crippen LogP contribution in [-0.4, -0.2) is 82.0 Å². The molecule has 2 aliphatic rings. The van der Waals surface area contributed by atoms with Gasteiger partial charge in [-0.3, -0.25) is 9.58 Å². The smallest absolute Gasteiger partial charge is 0.254 e. The highest BCUT2D eigenvalue weighted by Gasteiger charge is 2.32. The van der Waals surface area contributed by atoms with Gasteiger partial charge in [-0.25, -0.2) is 19.6 Å². The van der Waals surface area contributed by atoms with E-state index >= 15 is 0 Å². The monoisotopic (exact) mass is 607 g/mol. The van der Waals surface area contributed by atoms with Gasteiger partial charge in [0.05, 0.1) is 36.0 Å². The Hall–Kier alpha value is -3.74. The number of morpholine rings is 1. The van der Waals surface area contributed by atoms with E-state index in [0.29, 0.717) is 35.0 Å². The van der Waals surface area contributed by atoms with Gasteiger partial charge < -0.3 is 19.9 Å². The average Bonchev–Trinajstić information content (AvgIpc) is 3.63. The highest BCUT2D eigenvalue weighted by Crippen LogP contribution is 2.35. The number of nitrogens with one attached hydrogen (secondary N) is 1. The number of ether oxygens (including phenoxy) is 2. The topological polar surface area (TPSA) is 128 Å². The quantitative estimate of drug-likeness (QED) is 0.265. The molecule has 1 aromatic carbocycles. The van der Waals surface area contributed by atoms with Crippen molar-refractivity contribution in [3.05, 3.63) is 54.5 Å². The number of anilines is 2. The fraction of sp³-hybridized carbons (Fsp3) is 0.500. The molecule has 1 saturated heterocycles. The SMILES string of the molecule is C[C@@H]1CN([C@H]2CC[C@H](n3cc(Nc4ncc(-c5ccc(Cl)c(O[C@@H](C)Cn6cncn6)c5)cn4)c(O)n3)CC2)C[C@H](C)O1. The van der Waals surface area contributed by atoms with Crippen LogP contribution in [0.1, 0.15) is 52.5 Å². The Bertz CT molecular complexity index is 1480. The van der Waals surface area contributed by atoms with Gasteiger partial charge in [-0.05, 0) is 64.2 Å². The maximum atomic E-state index is 10.6. The number of hydrogen-bond acceptors (Lipinski definition) is 10. The molecule has 2 fully saturated rings. The molecule has 3 atom stereocenters. The molecule has 4 heterocycles. The Morgan fingerprint density at radius 3 is 2.49 bits per heavy atom. The summed E-state index contributed by atoms with van der Waals surface area (Å²) in [5, 5.41) is 22.7. The van der Waals surface area contributed by atoms with Crippen molar-refractivity contribution in [3.63, 3.8) is 0 Å². The Morgan fingerprint density at radius 2 is 1.79 bits per heavy atom. The predicted molar refractivity (Wildman–Crippen MR) is 163 cm³/mol. The molecule has 1 aliphatic heterocycles. The summed E-state index contributed by atoms with van der Waals surface area (Å²) in [5.41, 5.74) is 2.15. The number of aromatic nitrogens is 7. The second-order valence-corrected chi connectivity index (χ2v) is 12.0. The third-order valence-electron chi connectivity index (χ3n) is 8.12. The van der Waals surface area contributed by atoms with Gasteiger partial charge in [0.1, 0.15) is 30.2 Å². The standard InChI is InChI=1S/C30H38ClN9O3/c1-19-13-38(14-20(2)42-19)24-5-7-25(8-6-24)40-16-27(29(41)37-40)36-30-33-11-23(12-34-30)22-4-9-26(31)28(10-22)43-21(3)15-39-18-32-17-35-39/h4,9-12,16-21,24-25H,5-8,13-15H2,1-3H3,(H,37,41)(H,33,34,36)/t19-,20+,21-,24-,25-/m0/s1. The molecule has 13 heteroatoms. The van der Waals surface area contributed by atoms with Crippen molar-refractivity contribution in [2.75, 3.05) is 18.4 Å². The van der Waals surface area contributed by atoms with Crippen LogP contribution in [0, 0.1) is 0 Å². The minimum Gasteiger partial charge on any atom is -0.491 e. The molecule has 0 amide bonds. The second-order valence-electron chi connectivity index (χ2n) is 11.6. The Kier molecular flexibility index (Phi) is 8.78. The molecule has 4 aromatic rings. The normalized spacial score (nSPS) is 23.6. The minimum absolute atomic E-state index is 0.0647. The summed E-state index contributed by atoms with van der Waals surface area (Å²) >= 11 is 6.41. The molecule has 0 spiro atoms. The lowest BCUT2D eigenvalue weighted by Gasteiger charge is -2.42. The summed E-state index contributed by atoms with van der Waals surface area (Å²) < 4.78 is 15.6. The first-order chi connectivity index (χ1) is 20.8. The molecule has 43 heavy (non-hydrogen) atoms. The van der Waals surface area contributed by atoms with Crippen LogP contribution in [0.5, 0.6) is 11.6 Å². The van der Waals surface area contributed by atoms with Gasteiger partial charge in [0.15, 0.2) is 0 Å². The van der Waals surface area contributed by atoms with Crippen molar-refractivity contribution in [2.45, 2.75) is 83.4 Å². The van der Waals surface area contributed by atoms with Crippen LogP contribution in [0.15, 0.2) is 49.4 Å². The zero-order chi connectivity index (χ0) is 29.9. The van der Waals surface area contributed by atoms with Crippen molar-refractivity contribution in [2.24, 2.45) is 0 Å². The van der Waals surface area contributed by atoms with E-state index in [4.69, 9.17) is 21.1 Å². The molecular weight excluding hydrogens is 570 g/mol. The van der Waals surface area contributed by atoms with E-state index in [2.05, 4.69) is 49.2 Å². The van der Waals surface area contributed by atoms with Gasteiger partial charge in [0.2, 0.25) is 5.95 Å². The van der Waals surface area contributed by atoms with Crippen molar-refractivity contribution in [1.29, 1.82) is 0 Å². The van der Waals surface area contributed by atoms with E-state index in [0.717, 1.165) is 49.9 Å². The van der Waals surface area contributed by atoms with E-state index in [-0.39, 0.29) is 30.2 Å². The fourth-order valence-corrected chi connectivity index (χ4v) is 6.30. The number of nitrogens with zero attached hydrogens (tertiary/aromatic N) is 8. The van der Waals surface area contributed by atoms with Crippen molar-refractivity contribution in [1.82, 2.24) is 39.4 Å². The lowest BCUT2D eigenvalue weighted by molar-refractivity contribution is -0.0852. The predicted octanol–water partition coefficient (Wildman–Crippen LogP) is 5.09. The lowest BCUT2D eigenvalue weighted by atomic mass is 9.89. The number of aromatic hydroxyl groups is 1. The van der Waals surface area contributed by atoms with Crippen LogP contribution in [0.2, 0.25) is 5.02 Å². The first-order valence-electron chi connectivity index (χ1n) is 14.9. The summed E-state index contributed by atoms with van der Waals surface area (Å²) in [4.78, 5) is 15.5. The largest absolute Gasteiger partial charge is 0.491 e. The van der Waals surface area contributed by atoms with E-state index in [1.54, 1.807) is 29.5 Å². The van der Waals surface area contributed by atoms with Gasteiger partial charge >= 0.3 is 0 Å². The fourth-order valence-electron chi connectivity index (χ4n) is 6.14. The molecular formula is C30H38ClN9O3. The van der Waals surface area contributed by atoms with Crippen molar-refractivity contribution in [3.8, 4) is 22.8 Å². The lowest BCUT2D eigenvalue weighted by Crippen LogP contribution is -2.51. The van der Waals surface area contributed by atoms with Gasteiger partial charge in [0, 0.05) is 37.1 Å². The molecule has 1 aliphatic carbocycles. The number of benzene rings is 1. The number of halogens is 1. The maximum absolute atomic E-state index is 10.6. The van der Waals surface area contributed by atoms with Crippen LogP contribution in [-0.2, 0) is 11.3 Å². The molecule has 6 rings (SSSR count). The highest BCUT2D eigenvalue weighted by atomic mass is 35.5. The third kappa shape index (κ3) is 7.09. The number of rotatable bonds is 9. The van der Waals surface area contributed by atoms with Gasteiger partial charge in [-0.15, -0.1) is 5.10 Å². The first kappa shape index (κ1) is 29.3. The Balaban J connectivity index is 1.06. The van der Waals surface area contributed by atoms with Crippen LogP contribution in [0.3, 0.4) is 0 Å². The molecule has 12 nitrogen and oxygen atoms in total. The highest BCUT2D eigenvalue weighted by molar-refractivity contribution is 6.32. The van der Waals surface area contributed by atoms with Crippen LogP contribution < -0.4 is 10.1 Å². The van der Waals surface area contributed by atoms with Crippen molar-refractivity contribution >= 4 is 23.2 Å².